The van der Waals surface area contributed by atoms with E-state index in [0.717, 1.165) is 24.9 Å². The molecule has 0 radical (unpaired) electrons. The molecule has 1 rings (SSSR count). The van der Waals surface area contributed by atoms with Crippen molar-refractivity contribution in [2.24, 2.45) is 0 Å². The highest BCUT2D eigenvalue weighted by Gasteiger charge is 2.12. The average molecular weight is 234 g/mol. The molecule has 0 saturated heterocycles. The molecule has 1 amide bonds. The Kier molecular flexibility index (Phi) is 5.53. The van der Waals surface area contributed by atoms with Crippen molar-refractivity contribution in [1.29, 1.82) is 0 Å². The van der Waals surface area contributed by atoms with Gasteiger partial charge in [-0.25, -0.2) is 0 Å². The van der Waals surface area contributed by atoms with Gasteiger partial charge in [0.05, 0.1) is 5.56 Å². The molecule has 1 atom stereocenters. The number of benzene rings is 1. The van der Waals surface area contributed by atoms with E-state index < -0.39 is 0 Å². The number of anilines is 1. The Labute approximate surface area is 104 Å². The summed E-state index contributed by atoms with van der Waals surface area (Å²) >= 11 is 0. The zero-order valence-corrected chi connectivity index (χ0v) is 10.9. The van der Waals surface area contributed by atoms with Crippen LogP contribution in [0.1, 0.15) is 43.5 Å². The monoisotopic (exact) mass is 234 g/mol. The van der Waals surface area contributed by atoms with Gasteiger partial charge in [0.2, 0.25) is 0 Å². The summed E-state index contributed by atoms with van der Waals surface area (Å²) in [6, 6.07) is 7.78. The van der Waals surface area contributed by atoms with Crippen LogP contribution in [-0.2, 0) is 0 Å². The summed E-state index contributed by atoms with van der Waals surface area (Å²) in [5, 5.41) is 6.06. The quantitative estimate of drug-likeness (QED) is 0.794. The molecular formula is C14H22N2O. The van der Waals surface area contributed by atoms with Crippen molar-refractivity contribution in [3.8, 4) is 0 Å². The van der Waals surface area contributed by atoms with Crippen molar-refractivity contribution in [3.63, 3.8) is 0 Å². The van der Waals surface area contributed by atoms with Gasteiger partial charge in [-0.05, 0) is 25.5 Å². The van der Waals surface area contributed by atoms with Crippen LogP contribution in [0.3, 0.4) is 0 Å². The van der Waals surface area contributed by atoms with Crippen LogP contribution in [0, 0.1) is 0 Å². The van der Waals surface area contributed by atoms with E-state index in [2.05, 4.69) is 24.5 Å². The predicted molar refractivity (Wildman–Crippen MR) is 72.4 cm³/mol. The van der Waals surface area contributed by atoms with Crippen molar-refractivity contribution in [2.45, 2.75) is 39.2 Å². The van der Waals surface area contributed by atoms with Crippen LogP contribution < -0.4 is 10.6 Å². The van der Waals surface area contributed by atoms with Crippen LogP contribution in [0.5, 0.6) is 0 Å². The highest BCUT2D eigenvalue weighted by molar-refractivity contribution is 5.99. The Morgan fingerprint density at radius 3 is 2.71 bits per heavy atom. The third kappa shape index (κ3) is 4.10. The van der Waals surface area contributed by atoms with Gasteiger partial charge in [0.15, 0.2) is 0 Å². The lowest BCUT2D eigenvalue weighted by atomic mass is 10.1. The van der Waals surface area contributed by atoms with Crippen molar-refractivity contribution in [1.82, 2.24) is 5.32 Å². The number of amides is 1. The zero-order chi connectivity index (χ0) is 12.7. The third-order valence-corrected chi connectivity index (χ3v) is 2.81. The van der Waals surface area contributed by atoms with Crippen LogP contribution in [0.25, 0.3) is 0 Å². The van der Waals surface area contributed by atoms with Crippen molar-refractivity contribution in [3.05, 3.63) is 29.8 Å². The van der Waals surface area contributed by atoms with Gasteiger partial charge >= 0.3 is 0 Å². The molecule has 0 aliphatic rings. The van der Waals surface area contributed by atoms with Crippen molar-refractivity contribution < 1.29 is 4.79 Å². The van der Waals surface area contributed by atoms with Gasteiger partial charge in [-0.15, -0.1) is 0 Å². The van der Waals surface area contributed by atoms with E-state index in [4.69, 9.17) is 0 Å². The predicted octanol–water partition coefficient (Wildman–Crippen LogP) is 3.04. The van der Waals surface area contributed by atoms with Crippen LogP contribution in [-0.4, -0.2) is 19.0 Å². The first-order valence-corrected chi connectivity index (χ1v) is 6.26. The lowest BCUT2D eigenvalue weighted by molar-refractivity contribution is 0.0939. The molecule has 0 fully saturated rings. The van der Waals surface area contributed by atoms with Gasteiger partial charge in [-0.2, -0.15) is 0 Å². The first kappa shape index (κ1) is 13.6. The minimum atomic E-state index is -0.00134. The second kappa shape index (κ2) is 6.94. The van der Waals surface area contributed by atoms with Crippen LogP contribution in [0.4, 0.5) is 5.69 Å². The maximum Gasteiger partial charge on any atom is 0.253 e. The molecule has 1 unspecified atom stereocenters. The topological polar surface area (TPSA) is 41.1 Å². The fourth-order valence-electron chi connectivity index (χ4n) is 1.78. The number of rotatable bonds is 6. The first-order valence-electron chi connectivity index (χ1n) is 6.26. The van der Waals surface area contributed by atoms with Crippen LogP contribution in [0.2, 0.25) is 0 Å². The highest BCUT2D eigenvalue weighted by atomic mass is 16.1. The van der Waals surface area contributed by atoms with Crippen molar-refractivity contribution in [2.75, 3.05) is 12.4 Å². The Hall–Kier alpha value is -1.51. The highest BCUT2D eigenvalue weighted by Crippen LogP contribution is 2.14. The van der Waals surface area contributed by atoms with Crippen LogP contribution >= 0.6 is 0 Å². The Bertz CT molecular complexity index is 363. The molecule has 0 heterocycles. The fraction of sp³-hybridized carbons (Fsp3) is 0.500. The number of hydrogen-bond acceptors (Lipinski definition) is 2. The SMILES string of the molecule is CCCCC(C)NC(=O)c1ccccc1NC. The number of para-hydroxylation sites is 1. The molecule has 0 bridgehead atoms. The Balaban J connectivity index is 2.63. The molecule has 1 aromatic rings. The van der Waals surface area contributed by atoms with E-state index in [9.17, 15) is 4.79 Å². The maximum absolute atomic E-state index is 12.0. The van der Waals surface area contributed by atoms with Gasteiger partial charge in [0, 0.05) is 18.8 Å². The second-order valence-corrected chi connectivity index (χ2v) is 4.31. The number of hydrogen-bond donors (Lipinski definition) is 2. The summed E-state index contributed by atoms with van der Waals surface area (Å²) in [7, 11) is 1.83. The van der Waals surface area contributed by atoms with Gasteiger partial charge in [0.25, 0.3) is 5.91 Å². The Morgan fingerprint density at radius 1 is 1.35 bits per heavy atom. The lowest BCUT2D eigenvalue weighted by Crippen LogP contribution is -2.32. The molecule has 17 heavy (non-hydrogen) atoms. The molecule has 1 aromatic carbocycles. The molecule has 0 aliphatic carbocycles. The first-order chi connectivity index (χ1) is 8.19. The lowest BCUT2D eigenvalue weighted by Gasteiger charge is -2.15. The van der Waals surface area contributed by atoms with Gasteiger partial charge in [-0.1, -0.05) is 31.9 Å². The van der Waals surface area contributed by atoms with Gasteiger partial charge in [-0.3, -0.25) is 4.79 Å². The van der Waals surface area contributed by atoms with E-state index in [1.54, 1.807) is 0 Å². The molecule has 3 heteroatoms. The van der Waals surface area contributed by atoms with E-state index in [1.165, 1.54) is 0 Å². The summed E-state index contributed by atoms with van der Waals surface area (Å²) in [4.78, 5) is 12.0. The number of carbonyl (C=O) groups is 1. The van der Waals surface area contributed by atoms with E-state index in [-0.39, 0.29) is 11.9 Å². The van der Waals surface area contributed by atoms with E-state index >= 15 is 0 Å². The molecular weight excluding hydrogens is 212 g/mol. The summed E-state index contributed by atoms with van der Waals surface area (Å²) in [6.07, 6.45) is 3.34. The largest absolute Gasteiger partial charge is 0.387 e. The number of carbonyl (C=O) groups excluding carboxylic acids is 1. The molecule has 0 spiro atoms. The molecule has 0 saturated carbocycles. The number of unbranched alkanes of at least 4 members (excludes halogenated alkanes) is 1. The summed E-state index contributed by atoms with van der Waals surface area (Å²) < 4.78 is 0. The minimum absolute atomic E-state index is 0.00134. The third-order valence-electron chi connectivity index (χ3n) is 2.81. The average Bonchev–Trinajstić information content (AvgIpc) is 2.36. The summed E-state index contributed by atoms with van der Waals surface area (Å²) in [5.74, 6) is -0.00134. The van der Waals surface area contributed by atoms with Gasteiger partial charge in [0.1, 0.15) is 0 Å². The molecule has 0 aliphatic heterocycles. The fourth-order valence-corrected chi connectivity index (χ4v) is 1.78. The standard InChI is InChI=1S/C14H22N2O/c1-4-5-8-11(2)16-14(17)12-9-6-7-10-13(12)15-3/h6-7,9-11,15H,4-5,8H2,1-3H3,(H,16,17). The molecule has 0 aromatic heterocycles. The molecule has 2 N–H and O–H groups in total. The number of nitrogens with one attached hydrogen (secondary N) is 2. The van der Waals surface area contributed by atoms with E-state index in [1.807, 2.05) is 31.3 Å². The molecule has 3 nitrogen and oxygen atoms in total. The second-order valence-electron chi connectivity index (χ2n) is 4.31. The Morgan fingerprint density at radius 2 is 2.06 bits per heavy atom. The van der Waals surface area contributed by atoms with Gasteiger partial charge < -0.3 is 10.6 Å². The van der Waals surface area contributed by atoms with E-state index in [0.29, 0.717) is 5.56 Å². The molecule has 94 valence electrons. The summed E-state index contributed by atoms with van der Waals surface area (Å²) in [5.41, 5.74) is 1.58. The smallest absolute Gasteiger partial charge is 0.253 e. The zero-order valence-electron chi connectivity index (χ0n) is 10.9. The van der Waals surface area contributed by atoms with Crippen LogP contribution in [0.15, 0.2) is 24.3 Å². The minimum Gasteiger partial charge on any atom is -0.387 e. The summed E-state index contributed by atoms with van der Waals surface area (Å²) in [6.45, 7) is 4.21. The van der Waals surface area contributed by atoms with Crippen molar-refractivity contribution >= 4 is 11.6 Å². The maximum atomic E-state index is 12.0. The normalized spacial score (nSPS) is 11.9.